The maximum Gasteiger partial charge on any atom is 0.493 e. The minimum absolute atomic E-state index is 0.184. The smallest absolute Gasteiger partial charge is 0.423 e. The first-order valence-electron chi connectivity index (χ1n) is 5.28. The van der Waals surface area contributed by atoms with Crippen LogP contribution in [-0.4, -0.2) is 35.4 Å². The Labute approximate surface area is 93.2 Å². The van der Waals surface area contributed by atoms with Crippen molar-refractivity contribution in [2.45, 2.75) is 18.8 Å². The van der Waals surface area contributed by atoms with Crippen molar-refractivity contribution in [2.75, 3.05) is 13.2 Å². The van der Waals surface area contributed by atoms with Crippen molar-refractivity contribution in [1.29, 1.82) is 0 Å². The highest BCUT2D eigenvalue weighted by molar-refractivity contribution is 6.58. The van der Waals surface area contributed by atoms with Gasteiger partial charge in [0.1, 0.15) is 0 Å². The average Bonchev–Trinajstić information content (AvgIpc) is 2.29. The van der Waals surface area contributed by atoms with Crippen LogP contribution in [0.3, 0.4) is 0 Å². The molecule has 0 saturated carbocycles. The number of pyridine rings is 1. The first-order chi connectivity index (χ1) is 7.68. The molecule has 1 saturated heterocycles. The van der Waals surface area contributed by atoms with E-state index in [9.17, 15) is 4.39 Å². The van der Waals surface area contributed by atoms with Gasteiger partial charge >= 0.3 is 7.12 Å². The van der Waals surface area contributed by atoms with Crippen LogP contribution in [0.25, 0.3) is 0 Å². The lowest BCUT2D eigenvalue weighted by Gasteiger charge is -2.21. The Balaban J connectivity index is 2.19. The van der Waals surface area contributed by atoms with Gasteiger partial charge < -0.3 is 14.8 Å². The van der Waals surface area contributed by atoms with E-state index in [2.05, 4.69) is 4.98 Å². The van der Waals surface area contributed by atoms with Crippen LogP contribution >= 0.6 is 0 Å². The molecule has 0 spiro atoms. The molecule has 0 bridgehead atoms. The first kappa shape index (κ1) is 11.5. The van der Waals surface area contributed by atoms with E-state index in [1.807, 2.05) is 0 Å². The molecule has 0 aliphatic carbocycles. The summed E-state index contributed by atoms with van der Waals surface area (Å²) in [5, 5.41) is 17.7. The molecule has 1 aromatic rings. The van der Waals surface area contributed by atoms with Crippen LogP contribution < -0.4 is 5.46 Å². The van der Waals surface area contributed by atoms with Gasteiger partial charge in [0.05, 0.1) is 0 Å². The summed E-state index contributed by atoms with van der Waals surface area (Å²) in [6, 6.07) is 3.02. The molecular formula is C10H13BFNO3. The Kier molecular flexibility index (Phi) is 3.53. The second-order valence-corrected chi connectivity index (χ2v) is 3.88. The van der Waals surface area contributed by atoms with Crippen molar-refractivity contribution in [2.24, 2.45) is 0 Å². The molecule has 2 heterocycles. The first-order valence-corrected chi connectivity index (χ1v) is 5.28. The van der Waals surface area contributed by atoms with Crippen molar-refractivity contribution < 1.29 is 19.2 Å². The summed E-state index contributed by atoms with van der Waals surface area (Å²) in [4.78, 5) is 3.78. The van der Waals surface area contributed by atoms with Crippen LogP contribution in [-0.2, 0) is 4.74 Å². The molecule has 16 heavy (non-hydrogen) atoms. The van der Waals surface area contributed by atoms with Gasteiger partial charge in [0.25, 0.3) is 0 Å². The van der Waals surface area contributed by atoms with Gasteiger partial charge in [0, 0.05) is 30.3 Å². The Morgan fingerprint density at radius 1 is 1.31 bits per heavy atom. The fraction of sp³-hybridized carbons (Fsp3) is 0.500. The molecule has 2 rings (SSSR count). The molecule has 1 aromatic heterocycles. The predicted molar refractivity (Wildman–Crippen MR) is 56.8 cm³/mol. The summed E-state index contributed by atoms with van der Waals surface area (Å²) in [5.41, 5.74) is 0.473. The SMILES string of the molecule is OB(O)c1ccc(C2CCOCC2)nc1F. The fourth-order valence-corrected chi connectivity index (χ4v) is 1.87. The largest absolute Gasteiger partial charge is 0.493 e. The second kappa shape index (κ2) is 4.90. The van der Waals surface area contributed by atoms with Gasteiger partial charge in [-0.25, -0.2) is 4.98 Å². The van der Waals surface area contributed by atoms with E-state index in [0.717, 1.165) is 12.8 Å². The minimum atomic E-state index is -1.81. The van der Waals surface area contributed by atoms with Crippen molar-refractivity contribution in [3.05, 3.63) is 23.8 Å². The lowest BCUT2D eigenvalue weighted by atomic mass is 9.80. The maximum absolute atomic E-state index is 13.4. The summed E-state index contributed by atoms with van der Waals surface area (Å²) in [6.07, 6.45) is 1.65. The van der Waals surface area contributed by atoms with Crippen molar-refractivity contribution in [1.82, 2.24) is 4.98 Å². The molecule has 0 aromatic carbocycles. The van der Waals surface area contributed by atoms with E-state index < -0.39 is 13.1 Å². The predicted octanol–water partition coefficient (Wildman–Crippen LogP) is -0.206. The molecule has 0 atom stereocenters. The third-order valence-electron chi connectivity index (χ3n) is 2.82. The lowest BCUT2D eigenvalue weighted by Crippen LogP contribution is -2.34. The van der Waals surface area contributed by atoms with Gasteiger partial charge in [-0.2, -0.15) is 4.39 Å². The van der Waals surface area contributed by atoms with Gasteiger partial charge in [-0.3, -0.25) is 0 Å². The van der Waals surface area contributed by atoms with E-state index in [-0.39, 0.29) is 11.4 Å². The lowest BCUT2D eigenvalue weighted by molar-refractivity contribution is 0.0843. The number of halogens is 1. The van der Waals surface area contributed by atoms with E-state index in [1.165, 1.54) is 6.07 Å². The number of aromatic nitrogens is 1. The second-order valence-electron chi connectivity index (χ2n) is 3.88. The zero-order valence-corrected chi connectivity index (χ0v) is 8.77. The maximum atomic E-state index is 13.4. The van der Waals surface area contributed by atoms with Crippen LogP contribution in [0.15, 0.2) is 12.1 Å². The number of hydrogen-bond acceptors (Lipinski definition) is 4. The summed E-state index contributed by atoms with van der Waals surface area (Å²) in [5.74, 6) is -0.605. The van der Waals surface area contributed by atoms with E-state index in [0.29, 0.717) is 18.9 Å². The highest BCUT2D eigenvalue weighted by Crippen LogP contribution is 2.24. The van der Waals surface area contributed by atoms with Crippen molar-refractivity contribution in [3.8, 4) is 0 Å². The zero-order valence-electron chi connectivity index (χ0n) is 8.77. The topological polar surface area (TPSA) is 62.6 Å². The number of nitrogens with zero attached hydrogens (tertiary/aromatic N) is 1. The van der Waals surface area contributed by atoms with Crippen molar-refractivity contribution in [3.63, 3.8) is 0 Å². The van der Waals surface area contributed by atoms with E-state index in [4.69, 9.17) is 14.8 Å². The third kappa shape index (κ3) is 2.40. The third-order valence-corrected chi connectivity index (χ3v) is 2.82. The molecule has 4 nitrogen and oxygen atoms in total. The highest BCUT2D eigenvalue weighted by atomic mass is 19.1. The molecular weight excluding hydrogens is 212 g/mol. The summed E-state index contributed by atoms with van der Waals surface area (Å²) in [7, 11) is -1.81. The van der Waals surface area contributed by atoms with Crippen LogP contribution in [0.2, 0.25) is 0 Å². The zero-order chi connectivity index (χ0) is 11.5. The fourth-order valence-electron chi connectivity index (χ4n) is 1.87. The van der Waals surface area contributed by atoms with Gasteiger partial charge in [-0.05, 0) is 18.9 Å². The summed E-state index contributed by atoms with van der Waals surface area (Å²) < 4.78 is 18.6. The molecule has 1 fully saturated rings. The van der Waals surface area contributed by atoms with Gasteiger partial charge in [-0.15, -0.1) is 0 Å². The van der Waals surface area contributed by atoms with Crippen LogP contribution in [0.5, 0.6) is 0 Å². The average molecular weight is 225 g/mol. The molecule has 0 unspecified atom stereocenters. The van der Waals surface area contributed by atoms with Crippen molar-refractivity contribution >= 4 is 12.6 Å². The van der Waals surface area contributed by atoms with Gasteiger partial charge in [-0.1, -0.05) is 6.07 Å². The number of hydrogen-bond donors (Lipinski definition) is 2. The van der Waals surface area contributed by atoms with Crippen LogP contribution in [0.1, 0.15) is 24.5 Å². The molecule has 0 amide bonds. The normalized spacial score (nSPS) is 17.4. The summed E-state index contributed by atoms with van der Waals surface area (Å²) >= 11 is 0. The van der Waals surface area contributed by atoms with Gasteiger partial charge in [0.2, 0.25) is 5.95 Å². The van der Waals surface area contributed by atoms with E-state index >= 15 is 0 Å². The van der Waals surface area contributed by atoms with Gasteiger partial charge in [0.15, 0.2) is 0 Å². The quantitative estimate of drug-likeness (QED) is 0.540. The molecule has 6 heteroatoms. The standard InChI is InChI=1S/C10H13BFNO3/c12-10-8(11(14)15)1-2-9(13-10)7-3-5-16-6-4-7/h1-2,7,14-15H,3-6H2. The number of rotatable bonds is 2. The molecule has 0 radical (unpaired) electrons. The Morgan fingerprint density at radius 3 is 2.56 bits per heavy atom. The molecule has 1 aliphatic heterocycles. The Bertz CT molecular complexity index is 369. The van der Waals surface area contributed by atoms with Crippen LogP contribution in [0, 0.1) is 5.95 Å². The highest BCUT2D eigenvalue weighted by Gasteiger charge is 2.22. The Hall–Kier alpha value is -0.975. The Morgan fingerprint density at radius 2 is 2.00 bits per heavy atom. The molecule has 2 N–H and O–H groups in total. The number of ether oxygens (including phenoxy) is 1. The molecule has 86 valence electrons. The van der Waals surface area contributed by atoms with Crippen LogP contribution in [0.4, 0.5) is 4.39 Å². The molecule has 1 aliphatic rings. The monoisotopic (exact) mass is 225 g/mol. The minimum Gasteiger partial charge on any atom is -0.423 e. The summed E-state index contributed by atoms with van der Waals surface area (Å²) in [6.45, 7) is 1.33. The van der Waals surface area contributed by atoms with E-state index in [1.54, 1.807) is 6.07 Å².